The summed E-state index contributed by atoms with van der Waals surface area (Å²) >= 11 is 0. The maximum atomic E-state index is 14.4. The van der Waals surface area contributed by atoms with E-state index in [-0.39, 0.29) is 36.0 Å². The van der Waals surface area contributed by atoms with Gasteiger partial charge in [0.15, 0.2) is 23.1 Å². The number of nitrogens with zero attached hydrogens (tertiary/aromatic N) is 2. The maximum absolute atomic E-state index is 14.4. The smallest absolute Gasteiger partial charge is 0.255 e. The standard InChI is InChI=1S/C26H27FN6O4/c1-3-19(34)33-12-9-14(33)13-37-23-15(7-10-29-25(23)28)21-22(20-17(31-21)8-11-30-26(20)35)32-18-6-4-5-16(27)24(18)36-2/h3-7,10,14,31-32H,1,8-9,11-13H2,2H3,(H2,28,29)(H,30,35)/t14-/m0/s1. The van der Waals surface area contributed by atoms with E-state index < -0.39 is 5.82 Å². The molecule has 1 aromatic carbocycles. The van der Waals surface area contributed by atoms with E-state index in [1.807, 2.05) is 0 Å². The van der Waals surface area contributed by atoms with Crippen molar-refractivity contribution < 1.29 is 23.5 Å². The van der Waals surface area contributed by atoms with Gasteiger partial charge in [0, 0.05) is 37.0 Å². The molecule has 11 heteroatoms. The van der Waals surface area contributed by atoms with E-state index in [4.69, 9.17) is 15.2 Å². The Morgan fingerprint density at radius 1 is 1.38 bits per heavy atom. The van der Waals surface area contributed by atoms with Crippen LogP contribution in [-0.2, 0) is 11.2 Å². The van der Waals surface area contributed by atoms with Crippen LogP contribution < -0.4 is 25.8 Å². The van der Waals surface area contributed by atoms with Gasteiger partial charge in [0.1, 0.15) is 6.61 Å². The van der Waals surface area contributed by atoms with Gasteiger partial charge in [0.25, 0.3) is 5.91 Å². The number of pyridine rings is 1. The van der Waals surface area contributed by atoms with Gasteiger partial charge in [-0.15, -0.1) is 0 Å². The van der Waals surface area contributed by atoms with E-state index in [1.165, 1.54) is 19.3 Å². The predicted molar refractivity (Wildman–Crippen MR) is 137 cm³/mol. The Bertz CT molecular complexity index is 1390. The van der Waals surface area contributed by atoms with Crippen LogP contribution in [0.15, 0.2) is 43.1 Å². The number of aromatic nitrogens is 2. The molecule has 1 saturated heterocycles. The molecule has 4 heterocycles. The minimum atomic E-state index is -0.542. The fraction of sp³-hybridized carbons (Fsp3) is 0.269. The second-order valence-corrected chi connectivity index (χ2v) is 8.74. The molecule has 2 aliphatic heterocycles. The van der Waals surface area contributed by atoms with Crippen molar-refractivity contribution in [1.29, 1.82) is 0 Å². The number of rotatable bonds is 8. The molecule has 192 valence electrons. The van der Waals surface area contributed by atoms with Crippen LogP contribution in [0.2, 0.25) is 0 Å². The van der Waals surface area contributed by atoms with E-state index in [2.05, 4.69) is 27.2 Å². The molecule has 10 nitrogen and oxygen atoms in total. The normalized spacial score (nSPS) is 16.3. The Balaban J connectivity index is 1.56. The third kappa shape index (κ3) is 4.32. The van der Waals surface area contributed by atoms with Gasteiger partial charge in [-0.3, -0.25) is 9.59 Å². The van der Waals surface area contributed by atoms with E-state index in [0.717, 1.165) is 12.1 Å². The number of aromatic amines is 1. The van der Waals surface area contributed by atoms with Crippen LogP contribution in [-0.4, -0.2) is 59.5 Å². The van der Waals surface area contributed by atoms with Crippen molar-refractivity contribution in [3.8, 4) is 22.8 Å². The number of nitrogens with one attached hydrogen (secondary N) is 3. The number of para-hydroxylation sites is 1. The number of likely N-dealkylation sites (tertiary alicyclic amines) is 1. The minimum absolute atomic E-state index is 0.0160. The number of nitrogens with two attached hydrogens (primary N) is 1. The number of hydrogen-bond acceptors (Lipinski definition) is 7. The number of halogens is 1. The lowest BCUT2D eigenvalue weighted by Gasteiger charge is -2.40. The molecule has 2 amide bonds. The molecule has 0 unspecified atom stereocenters. The van der Waals surface area contributed by atoms with E-state index >= 15 is 0 Å². The monoisotopic (exact) mass is 506 g/mol. The number of amides is 2. The fourth-order valence-corrected chi connectivity index (χ4v) is 4.67. The van der Waals surface area contributed by atoms with Crippen molar-refractivity contribution in [2.75, 3.05) is 37.9 Å². The van der Waals surface area contributed by atoms with E-state index in [9.17, 15) is 14.0 Å². The first-order valence-corrected chi connectivity index (χ1v) is 11.9. The van der Waals surface area contributed by atoms with Gasteiger partial charge in [-0.2, -0.15) is 0 Å². The van der Waals surface area contributed by atoms with E-state index in [0.29, 0.717) is 53.5 Å². The average Bonchev–Trinajstić information content (AvgIpc) is 3.23. The molecule has 0 spiro atoms. The third-order valence-corrected chi connectivity index (χ3v) is 6.62. The number of ether oxygens (including phenoxy) is 2. The van der Waals surface area contributed by atoms with Crippen LogP contribution in [0.1, 0.15) is 22.5 Å². The highest BCUT2D eigenvalue weighted by atomic mass is 19.1. The number of hydrogen-bond donors (Lipinski definition) is 4. The van der Waals surface area contributed by atoms with Crippen molar-refractivity contribution in [2.24, 2.45) is 0 Å². The summed E-state index contributed by atoms with van der Waals surface area (Å²) in [4.78, 5) is 34.2. The highest BCUT2D eigenvalue weighted by molar-refractivity contribution is 6.07. The minimum Gasteiger partial charge on any atom is -0.492 e. The molecule has 0 bridgehead atoms. The van der Waals surface area contributed by atoms with Crippen LogP contribution in [0.3, 0.4) is 0 Å². The maximum Gasteiger partial charge on any atom is 0.255 e. The lowest BCUT2D eigenvalue weighted by Crippen LogP contribution is -2.53. The van der Waals surface area contributed by atoms with Crippen LogP contribution in [0.4, 0.5) is 21.6 Å². The number of benzene rings is 1. The first-order chi connectivity index (χ1) is 17.9. The largest absolute Gasteiger partial charge is 0.492 e. The summed E-state index contributed by atoms with van der Waals surface area (Å²) in [5.74, 6) is -0.475. The lowest BCUT2D eigenvalue weighted by molar-refractivity contribution is -0.134. The van der Waals surface area contributed by atoms with Gasteiger partial charge >= 0.3 is 0 Å². The first kappa shape index (κ1) is 24.2. The molecular formula is C26H27FN6O4. The molecule has 2 aromatic heterocycles. The Kier molecular flexibility index (Phi) is 6.43. The molecule has 37 heavy (non-hydrogen) atoms. The Labute approximate surface area is 212 Å². The molecule has 1 atom stereocenters. The summed E-state index contributed by atoms with van der Waals surface area (Å²) < 4.78 is 25.8. The lowest BCUT2D eigenvalue weighted by atomic mass is 10.0. The molecule has 5 N–H and O–H groups in total. The summed E-state index contributed by atoms with van der Waals surface area (Å²) in [5, 5.41) is 6.05. The molecule has 2 aliphatic rings. The van der Waals surface area contributed by atoms with Gasteiger partial charge < -0.3 is 35.7 Å². The molecular weight excluding hydrogens is 479 g/mol. The first-order valence-electron chi connectivity index (χ1n) is 11.9. The molecule has 1 fully saturated rings. The second-order valence-electron chi connectivity index (χ2n) is 8.74. The van der Waals surface area contributed by atoms with E-state index in [1.54, 1.807) is 29.3 Å². The fourth-order valence-electron chi connectivity index (χ4n) is 4.67. The zero-order chi connectivity index (χ0) is 26.1. The van der Waals surface area contributed by atoms with Gasteiger partial charge in [0.2, 0.25) is 5.91 Å². The summed E-state index contributed by atoms with van der Waals surface area (Å²) in [6, 6.07) is 6.11. The number of carbonyl (C=O) groups excluding carboxylic acids is 2. The van der Waals surface area contributed by atoms with Crippen molar-refractivity contribution in [2.45, 2.75) is 18.9 Å². The van der Waals surface area contributed by atoms with Crippen molar-refractivity contribution in [3.63, 3.8) is 0 Å². The number of anilines is 3. The number of carbonyl (C=O) groups is 2. The quantitative estimate of drug-likeness (QED) is 0.345. The van der Waals surface area contributed by atoms with Crippen molar-refractivity contribution in [1.82, 2.24) is 20.2 Å². The van der Waals surface area contributed by atoms with Gasteiger partial charge in [0.05, 0.1) is 35.8 Å². The molecule has 0 saturated carbocycles. The second kappa shape index (κ2) is 9.84. The molecule has 5 rings (SSSR count). The summed E-state index contributed by atoms with van der Waals surface area (Å²) in [6.45, 7) is 4.87. The Morgan fingerprint density at radius 3 is 2.95 bits per heavy atom. The topological polar surface area (TPSA) is 135 Å². The number of H-pyrrole nitrogens is 1. The molecule has 0 aliphatic carbocycles. The van der Waals surface area contributed by atoms with Gasteiger partial charge in [-0.1, -0.05) is 12.6 Å². The highest BCUT2D eigenvalue weighted by Gasteiger charge is 2.33. The number of methoxy groups -OCH3 is 1. The summed E-state index contributed by atoms with van der Waals surface area (Å²) in [7, 11) is 1.38. The van der Waals surface area contributed by atoms with Gasteiger partial charge in [-0.05, 0) is 30.7 Å². The Hall–Kier alpha value is -4.54. The van der Waals surface area contributed by atoms with Crippen LogP contribution in [0.5, 0.6) is 11.5 Å². The summed E-state index contributed by atoms with van der Waals surface area (Å²) in [5.41, 5.74) is 9.24. The molecule has 3 aromatic rings. The summed E-state index contributed by atoms with van der Waals surface area (Å²) in [6.07, 6.45) is 4.19. The SMILES string of the molecule is C=CC(=O)N1CC[C@H]1COc1c(-c2[nH]c3c(c2Nc2cccc(F)c2OC)C(=O)NCC3)ccnc1N. The number of fused-ring (bicyclic) bond motifs is 1. The average molecular weight is 507 g/mol. The zero-order valence-corrected chi connectivity index (χ0v) is 20.3. The van der Waals surface area contributed by atoms with Crippen LogP contribution in [0.25, 0.3) is 11.3 Å². The van der Waals surface area contributed by atoms with Crippen molar-refractivity contribution >= 4 is 29.0 Å². The molecule has 0 radical (unpaired) electrons. The van der Waals surface area contributed by atoms with Crippen LogP contribution in [0, 0.1) is 5.82 Å². The van der Waals surface area contributed by atoms with Gasteiger partial charge in [-0.25, -0.2) is 9.37 Å². The highest BCUT2D eigenvalue weighted by Crippen LogP contribution is 2.43. The number of nitrogen functional groups attached to an aromatic ring is 1. The zero-order valence-electron chi connectivity index (χ0n) is 20.3. The van der Waals surface area contributed by atoms with Crippen molar-refractivity contribution in [3.05, 3.63) is 60.2 Å². The van der Waals surface area contributed by atoms with Crippen LogP contribution >= 0.6 is 0 Å². The Morgan fingerprint density at radius 2 is 2.22 bits per heavy atom. The predicted octanol–water partition coefficient (Wildman–Crippen LogP) is 3.00. The third-order valence-electron chi connectivity index (χ3n) is 6.62.